The quantitative estimate of drug-likeness (QED) is 0.774. The number of hydrogen-bond donors (Lipinski definition) is 0. The molecule has 7 nitrogen and oxygen atoms in total. The summed E-state index contributed by atoms with van der Waals surface area (Å²) in [5.41, 5.74) is 0. The maximum atomic E-state index is 6.10. The number of rotatable bonds is 5. The number of hydrogen-bond acceptors (Lipinski definition) is 7. The first-order chi connectivity index (χ1) is 10.8. The van der Waals surface area contributed by atoms with E-state index in [1.807, 2.05) is 0 Å². The molecule has 0 radical (unpaired) electrons. The first-order valence-corrected chi connectivity index (χ1v) is 8.57. The van der Waals surface area contributed by atoms with Gasteiger partial charge in [-0.15, -0.1) is 5.10 Å². The van der Waals surface area contributed by atoms with E-state index in [4.69, 9.17) is 16.3 Å². The van der Waals surface area contributed by atoms with Crippen LogP contribution in [0.4, 0.5) is 0 Å². The summed E-state index contributed by atoms with van der Waals surface area (Å²) in [6, 6.07) is 1.75. The van der Waals surface area contributed by atoms with Gasteiger partial charge in [-0.2, -0.15) is 0 Å². The second-order valence-corrected chi connectivity index (χ2v) is 6.92. The van der Waals surface area contributed by atoms with Crippen molar-refractivity contribution in [2.45, 2.75) is 54.4 Å². The van der Waals surface area contributed by atoms with Crippen LogP contribution in [-0.4, -0.2) is 42.9 Å². The molecule has 2 fully saturated rings. The number of tetrazole rings is 1. The Morgan fingerprint density at radius 2 is 2.23 bits per heavy atom. The normalized spacial score (nSPS) is 21.4. The van der Waals surface area contributed by atoms with E-state index in [0.717, 1.165) is 43.1 Å². The molecule has 0 bridgehead atoms. The van der Waals surface area contributed by atoms with E-state index >= 15 is 0 Å². The molecule has 116 valence electrons. The Labute approximate surface area is 136 Å². The van der Waals surface area contributed by atoms with Crippen molar-refractivity contribution in [3.8, 4) is 0 Å². The summed E-state index contributed by atoms with van der Waals surface area (Å²) in [5, 5.41) is 13.8. The Morgan fingerprint density at radius 3 is 3.00 bits per heavy atom. The summed E-state index contributed by atoms with van der Waals surface area (Å²) in [4.78, 5) is 8.86. The molecular weight excluding hydrogens is 324 g/mol. The molecule has 0 N–H and O–H groups in total. The molecule has 9 heteroatoms. The van der Waals surface area contributed by atoms with Gasteiger partial charge in [0.2, 0.25) is 5.16 Å². The van der Waals surface area contributed by atoms with Crippen molar-refractivity contribution in [1.82, 2.24) is 30.2 Å². The minimum atomic E-state index is 0.193. The second-order valence-electron chi connectivity index (χ2n) is 5.54. The van der Waals surface area contributed by atoms with Gasteiger partial charge in [-0.25, -0.2) is 14.6 Å². The smallest absolute Gasteiger partial charge is 0.215 e. The fraction of sp³-hybridized carbons (Fsp3) is 0.615. The van der Waals surface area contributed by atoms with Gasteiger partial charge in [-0.05, 0) is 47.9 Å². The van der Waals surface area contributed by atoms with Crippen LogP contribution in [0.1, 0.15) is 37.4 Å². The van der Waals surface area contributed by atoms with Crippen LogP contribution in [0, 0.1) is 0 Å². The predicted octanol–water partition coefficient (Wildman–Crippen LogP) is 2.32. The third kappa shape index (κ3) is 3.23. The maximum Gasteiger partial charge on any atom is 0.215 e. The molecule has 2 aromatic rings. The fourth-order valence-corrected chi connectivity index (χ4v) is 3.49. The van der Waals surface area contributed by atoms with Gasteiger partial charge in [0.1, 0.15) is 16.0 Å². The van der Waals surface area contributed by atoms with Crippen LogP contribution in [0.5, 0.6) is 0 Å². The second kappa shape index (κ2) is 6.10. The van der Waals surface area contributed by atoms with E-state index in [1.165, 1.54) is 11.8 Å². The first kappa shape index (κ1) is 14.3. The zero-order valence-electron chi connectivity index (χ0n) is 11.9. The van der Waals surface area contributed by atoms with Crippen molar-refractivity contribution in [1.29, 1.82) is 0 Å². The Morgan fingerprint density at radius 1 is 1.32 bits per heavy atom. The summed E-state index contributed by atoms with van der Waals surface area (Å²) in [6.07, 6.45) is 4.62. The molecule has 1 saturated carbocycles. The van der Waals surface area contributed by atoms with Crippen LogP contribution in [-0.2, 0) is 11.3 Å². The summed E-state index contributed by atoms with van der Waals surface area (Å²) in [7, 11) is 0. The zero-order chi connectivity index (χ0) is 14.9. The van der Waals surface area contributed by atoms with E-state index in [0.29, 0.717) is 22.8 Å². The van der Waals surface area contributed by atoms with Gasteiger partial charge in [0.15, 0.2) is 0 Å². The summed E-state index contributed by atoms with van der Waals surface area (Å²) < 4.78 is 7.41. The van der Waals surface area contributed by atoms with E-state index in [1.54, 1.807) is 10.7 Å². The highest BCUT2D eigenvalue weighted by atomic mass is 35.5. The number of halogens is 1. The van der Waals surface area contributed by atoms with E-state index in [2.05, 4.69) is 25.5 Å². The summed E-state index contributed by atoms with van der Waals surface area (Å²) in [6.45, 7) is 1.49. The molecule has 2 aromatic heterocycles. The minimum absolute atomic E-state index is 0.193. The summed E-state index contributed by atoms with van der Waals surface area (Å²) >= 11 is 7.51. The SMILES string of the molecule is Clc1cc(Sc2nnnn2CC2CCCO2)nc(C2CC2)n1. The molecule has 0 spiro atoms. The number of aromatic nitrogens is 6. The van der Waals surface area contributed by atoms with Crippen molar-refractivity contribution < 1.29 is 4.74 Å². The molecule has 1 unspecified atom stereocenters. The summed E-state index contributed by atoms with van der Waals surface area (Å²) in [5.74, 6) is 1.29. The third-order valence-corrected chi connectivity index (χ3v) is 4.81. The molecule has 0 aromatic carbocycles. The lowest BCUT2D eigenvalue weighted by atomic mass is 10.2. The van der Waals surface area contributed by atoms with Crippen LogP contribution in [0.2, 0.25) is 5.15 Å². The van der Waals surface area contributed by atoms with Gasteiger partial charge >= 0.3 is 0 Å². The molecule has 0 amide bonds. The highest BCUT2D eigenvalue weighted by molar-refractivity contribution is 7.99. The lowest BCUT2D eigenvalue weighted by Crippen LogP contribution is -2.16. The predicted molar refractivity (Wildman–Crippen MR) is 79.9 cm³/mol. The van der Waals surface area contributed by atoms with Crippen LogP contribution in [0.3, 0.4) is 0 Å². The van der Waals surface area contributed by atoms with Gasteiger partial charge in [0, 0.05) is 18.6 Å². The van der Waals surface area contributed by atoms with Crippen LogP contribution < -0.4 is 0 Å². The Hall–Kier alpha value is -1.25. The lowest BCUT2D eigenvalue weighted by Gasteiger charge is -2.10. The fourth-order valence-electron chi connectivity index (χ4n) is 2.45. The average Bonchev–Trinajstić information content (AvgIpc) is 3.07. The van der Waals surface area contributed by atoms with Crippen molar-refractivity contribution in [2.75, 3.05) is 6.61 Å². The lowest BCUT2D eigenvalue weighted by molar-refractivity contribution is 0.0912. The van der Waals surface area contributed by atoms with Crippen molar-refractivity contribution >= 4 is 23.4 Å². The molecule has 22 heavy (non-hydrogen) atoms. The van der Waals surface area contributed by atoms with Gasteiger partial charge in [-0.3, -0.25) is 0 Å². The average molecular weight is 339 g/mol. The van der Waals surface area contributed by atoms with Gasteiger partial charge in [-0.1, -0.05) is 11.6 Å². The number of nitrogens with zero attached hydrogens (tertiary/aromatic N) is 6. The molecule has 2 aliphatic rings. The Kier molecular flexibility index (Phi) is 3.98. The Bertz CT molecular complexity index is 670. The molecule has 4 rings (SSSR count). The van der Waals surface area contributed by atoms with Crippen molar-refractivity contribution in [3.63, 3.8) is 0 Å². The topological polar surface area (TPSA) is 78.6 Å². The van der Waals surface area contributed by atoms with E-state index in [-0.39, 0.29) is 6.10 Å². The molecule has 1 aliphatic carbocycles. The van der Waals surface area contributed by atoms with Gasteiger partial charge < -0.3 is 4.74 Å². The first-order valence-electron chi connectivity index (χ1n) is 7.38. The Balaban J connectivity index is 1.52. The third-order valence-electron chi connectivity index (χ3n) is 3.73. The van der Waals surface area contributed by atoms with Crippen LogP contribution >= 0.6 is 23.4 Å². The highest BCUT2D eigenvalue weighted by Crippen LogP contribution is 2.39. The van der Waals surface area contributed by atoms with Crippen molar-refractivity contribution in [2.24, 2.45) is 0 Å². The van der Waals surface area contributed by atoms with E-state index < -0.39 is 0 Å². The highest BCUT2D eigenvalue weighted by Gasteiger charge is 2.27. The molecular formula is C13H15ClN6OS. The maximum absolute atomic E-state index is 6.10. The zero-order valence-corrected chi connectivity index (χ0v) is 13.4. The number of ether oxygens (including phenoxy) is 1. The minimum Gasteiger partial charge on any atom is -0.376 e. The standard InChI is InChI=1S/C13H15ClN6OS/c14-10-6-11(16-12(15-10)8-3-4-8)22-13-17-18-19-20(13)7-9-2-1-5-21-9/h6,8-9H,1-5,7H2. The monoisotopic (exact) mass is 338 g/mol. The largest absolute Gasteiger partial charge is 0.376 e. The van der Waals surface area contributed by atoms with Gasteiger partial charge in [0.25, 0.3) is 0 Å². The van der Waals surface area contributed by atoms with E-state index in [9.17, 15) is 0 Å². The molecule has 1 aliphatic heterocycles. The van der Waals surface area contributed by atoms with Gasteiger partial charge in [0.05, 0.1) is 12.6 Å². The van der Waals surface area contributed by atoms with Crippen LogP contribution in [0.25, 0.3) is 0 Å². The molecule has 1 atom stereocenters. The molecule has 1 saturated heterocycles. The van der Waals surface area contributed by atoms with Crippen molar-refractivity contribution in [3.05, 3.63) is 17.0 Å². The molecule has 3 heterocycles. The van der Waals surface area contributed by atoms with Crippen LogP contribution in [0.15, 0.2) is 16.2 Å².